The Morgan fingerprint density at radius 2 is 1.85 bits per heavy atom. The molecule has 1 spiro atoms. The molecule has 4 aliphatic carbocycles. The third-order valence-electron chi connectivity index (χ3n) is 7.43. The number of rotatable bonds is 1. The molecule has 3 nitrogen and oxygen atoms in total. The highest BCUT2D eigenvalue weighted by Gasteiger charge is 2.71. The Bertz CT molecular complexity index is 518. The second kappa shape index (κ2) is 3.68. The Morgan fingerprint density at radius 1 is 1.15 bits per heavy atom. The van der Waals surface area contributed by atoms with E-state index in [9.17, 15) is 15.0 Å². The average Bonchev–Trinajstić information content (AvgIpc) is 2.66. The zero-order valence-electron chi connectivity index (χ0n) is 12.4. The second-order valence-corrected chi connectivity index (χ2v) is 7.95. The Balaban J connectivity index is 2.00. The number of carbonyl (C=O) groups is 1. The van der Waals surface area contributed by atoms with Crippen LogP contribution < -0.4 is 0 Å². The van der Waals surface area contributed by atoms with Gasteiger partial charge in [-0.1, -0.05) is 20.3 Å². The summed E-state index contributed by atoms with van der Waals surface area (Å²) >= 11 is 0. The number of carboxylic acids is 1. The average molecular weight is 276 g/mol. The van der Waals surface area contributed by atoms with Crippen LogP contribution in [0.1, 0.15) is 52.4 Å². The molecule has 0 heterocycles. The van der Waals surface area contributed by atoms with E-state index in [0.717, 1.165) is 24.8 Å². The molecule has 0 aliphatic heterocycles. The molecule has 3 heteroatoms. The number of fused-ring (bicyclic) bond motifs is 1. The summed E-state index contributed by atoms with van der Waals surface area (Å²) in [6.07, 6.45) is 6.01. The van der Waals surface area contributed by atoms with Crippen molar-refractivity contribution in [2.45, 2.75) is 58.5 Å². The zero-order chi connectivity index (χ0) is 14.3. The van der Waals surface area contributed by atoms with Crippen LogP contribution in [0.3, 0.4) is 0 Å². The molecule has 5 atom stereocenters. The van der Waals surface area contributed by atoms with Gasteiger partial charge in [-0.3, -0.25) is 0 Å². The van der Waals surface area contributed by atoms with Crippen LogP contribution in [0, 0.1) is 28.6 Å². The molecular weight excluding hydrogens is 252 g/mol. The first-order chi connectivity index (χ1) is 9.42. The summed E-state index contributed by atoms with van der Waals surface area (Å²) in [5.74, 6) is 0.480. The quantitative estimate of drug-likeness (QED) is 0.774. The molecule has 0 saturated heterocycles. The zero-order valence-corrected chi connectivity index (χ0v) is 12.4. The van der Waals surface area contributed by atoms with Gasteiger partial charge in [0.1, 0.15) is 0 Å². The molecule has 110 valence electrons. The molecule has 0 aromatic carbocycles. The standard InChI is InChI=1S/C17H24O3/c1-16(2)10-7-6-9-4-3-5-11-14(18)13(15(19)20)12(8-10)17(9,11)16/h9-11,14,18H,3-8H2,1-2H3,(H,19,20). The number of aliphatic carboxylic acids is 1. The molecular formula is C17H24O3. The van der Waals surface area contributed by atoms with Gasteiger partial charge in [-0.15, -0.1) is 0 Å². The van der Waals surface area contributed by atoms with Crippen LogP contribution in [-0.4, -0.2) is 22.3 Å². The molecule has 2 bridgehead atoms. The SMILES string of the molecule is CC1(C)C2CCC3CCCC4C(O)C(C(=O)O)=C(C2)C341. The first-order valence-electron chi connectivity index (χ1n) is 8.07. The smallest absolute Gasteiger partial charge is 0.334 e. The highest BCUT2D eigenvalue weighted by atomic mass is 16.4. The molecule has 3 fully saturated rings. The van der Waals surface area contributed by atoms with Crippen molar-refractivity contribution in [3.63, 3.8) is 0 Å². The van der Waals surface area contributed by atoms with Gasteiger partial charge in [0.2, 0.25) is 0 Å². The monoisotopic (exact) mass is 276 g/mol. The van der Waals surface area contributed by atoms with E-state index in [2.05, 4.69) is 13.8 Å². The van der Waals surface area contributed by atoms with Crippen molar-refractivity contribution in [2.75, 3.05) is 0 Å². The molecule has 20 heavy (non-hydrogen) atoms. The molecule has 2 N–H and O–H groups in total. The van der Waals surface area contributed by atoms with Gasteiger partial charge >= 0.3 is 5.97 Å². The molecule has 0 radical (unpaired) electrons. The molecule has 4 aliphatic rings. The van der Waals surface area contributed by atoms with Crippen LogP contribution >= 0.6 is 0 Å². The van der Waals surface area contributed by atoms with E-state index in [1.54, 1.807) is 0 Å². The third-order valence-corrected chi connectivity index (χ3v) is 7.43. The maximum atomic E-state index is 11.7. The number of allylic oxidation sites excluding steroid dienone is 1. The largest absolute Gasteiger partial charge is 0.478 e. The summed E-state index contributed by atoms with van der Waals surface area (Å²) in [4.78, 5) is 11.7. The minimum absolute atomic E-state index is 0.0126. The molecule has 5 unspecified atom stereocenters. The predicted molar refractivity (Wildman–Crippen MR) is 75.1 cm³/mol. The molecule has 0 amide bonds. The summed E-state index contributed by atoms with van der Waals surface area (Å²) in [6.45, 7) is 4.68. The van der Waals surface area contributed by atoms with E-state index >= 15 is 0 Å². The summed E-state index contributed by atoms with van der Waals surface area (Å²) in [5.41, 5.74) is 1.65. The van der Waals surface area contributed by atoms with Crippen LogP contribution in [0.5, 0.6) is 0 Å². The van der Waals surface area contributed by atoms with Crippen molar-refractivity contribution in [1.82, 2.24) is 0 Å². The lowest BCUT2D eigenvalue weighted by Gasteiger charge is -2.58. The second-order valence-electron chi connectivity index (χ2n) is 7.95. The van der Waals surface area contributed by atoms with Gasteiger partial charge in [0.15, 0.2) is 0 Å². The number of carboxylic acid groups (broad SMARTS) is 1. The van der Waals surface area contributed by atoms with Crippen molar-refractivity contribution < 1.29 is 15.0 Å². The number of aliphatic hydroxyl groups excluding tert-OH is 1. The minimum Gasteiger partial charge on any atom is -0.478 e. The number of hydrogen-bond donors (Lipinski definition) is 2. The van der Waals surface area contributed by atoms with Crippen LogP contribution in [0.25, 0.3) is 0 Å². The van der Waals surface area contributed by atoms with Crippen LogP contribution in [-0.2, 0) is 4.79 Å². The molecule has 0 aromatic heterocycles. The van der Waals surface area contributed by atoms with E-state index < -0.39 is 12.1 Å². The highest BCUT2D eigenvalue weighted by molar-refractivity contribution is 5.90. The Labute approximate surface area is 120 Å². The maximum absolute atomic E-state index is 11.7. The Hall–Kier alpha value is -0.830. The van der Waals surface area contributed by atoms with E-state index in [-0.39, 0.29) is 16.7 Å². The predicted octanol–water partition coefficient (Wildman–Crippen LogP) is 2.98. The van der Waals surface area contributed by atoms with Gasteiger partial charge in [0.25, 0.3) is 0 Å². The highest BCUT2D eigenvalue weighted by Crippen LogP contribution is 2.76. The Morgan fingerprint density at radius 3 is 2.55 bits per heavy atom. The van der Waals surface area contributed by atoms with Crippen LogP contribution in [0.2, 0.25) is 0 Å². The Kier molecular flexibility index (Phi) is 2.37. The molecule has 4 rings (SSSR count). The minimum atomic E-state index is -0.877. The fourth-order valence-electron chi connectivity index (χ4n) is 6.83. The molecule has 0 aromatic rings. The lowest BCUT2D eigenvalue weighted by Crippen LogP contribution is -2.53. The van der Waals surface area contributed by atoms with Gasteiger partial charge in [-0.05, 0) is 60.8 Å². The summed E-state index contributed by atoms with van der Waals surface area (Å²) in [7, 11) is 0. The van der Waals surface area contributed by atoms with Gasteiger partial charge in [-0.2, -0.15) is 0 Å². The third kappa shape index (κ3) is 1.13. The van der Waals surface area contributed by atoms with Crippen molar-refractivity contribution in [1.29, 1.82) is 0 Å². The summed E-state index contributed by atoms with van der Waals surface area (Å²) in [6, 6.07) is 0. The van der Waals surface area contributed by atoms with Crippen molar-refractivity contribution >= 4 is 5.97 Å². The van der Waals surface area contributed by atoms with Gasteiger partial charge in [-0.25, -0.2) is 4.79 Å². The number of aliphatic hydroxyl groups is 1. The lowest BCUT2D eigenvalue weighted by atomic mass is 9.46. The van der Waals surface area contributed by atoms with Crippen LogP contribution in [0.15, 0.2) is 11.1 Å². The van der Waals surface area contributed by atoms with Crippen LogP contribution in [0.4, 0.5) is 0 Å². The van der Waals surface area contributed by atoms with Gasteiger partial charge in [0, 0.05) is 5.41 Å². The lowest BCUT2D eigenvalue weighted by molar-refractivity contribution is -0.135. The van der Waals surface area contributed by atoms with Crippen molar-refractivity contribution in [3.8, 4) is 0 Å². The summed E-state index contributed by atoms with van der Waals surface area (Å²) in [5, 5.41) is 20.3. The topological polar surface area (TPSA) is 57.5 Å². The maximum Gasteiger partial charge on any atom is 0.334 e. The van der Waals surface area contributed by atoms with Gasteiger partial charge < -0.3 is 10.2 Å². The van der Waals surface area contributed by atoms with E-state index in [0.29, 0.717) is 17.4 Å². The van der Waals surface area contributed by atoms with E-state index in [4.69, 9.17) is 0 Å². The fraction of sp³-hybridized carbons (Fsp3) is 0.824. The van der Waals surface area contributed by atoms with Crippen molar-refractivity contribution in [2.24, 2.45) is 28.6 Å². The van der Waals surface area contributed by atoms with Crippen molar-refractivity contribution in [3.05, 3.63) is 11.1 Å². The first kappa shape index (κ1) is 12.9. The number of hydrogen-bond acceptors (Lipinski definition) is 2. The molecule has 3 saturated carbocycles. The van der Waals surface area contributed by atoms with E-state index in [1.807, 2.05) is 0 Å². The van der Waals surface area contributed by atoms with Gasteiger partial charge in [0.05, 0.1) is 11.7 Å². The fourth-order valence-corrected chi connectivity index (χ4v) is 6.83. The van der Waals surface area contributed by atoms with E-state index in [1.165, 1.54) is 19.3 Å². The first-order valence-corrected chi connectivity index (χ1v) is 8.07. The summed E-state index contributed by atoms with van der Waals surface area (Å²) < 4.78 is 0. The normalized spacial score (nSPS) is 48.4.